The van der Waals surface area contributed by atoms with Gasteiger partial charge in [-0.2, -0.15) is 5.10 Å². The van der Waals surface area contributed by atoms with Crippen LogP contribution in [-0.2, 0) is 30.9 Å². The third-order valence-corrected chi connectivity index (χ3v) is 3.75. The molecule has 0 saturated heterocycles. The van der Waals surface area contributed by atoms with E-state index in [0.717, 1.165) is 4.68 Å². The number of carboxylic acid groups (broad SMARTS) is 1. The van der Waals surface area contributed by atoms with Crippen LogP contribution in [0.2, 0.25) is 0 Å². The van der Waals surface area contributed by atoms with Gasteiger partial charge in [0.25, 0.3) is 0 Å². The number of nitrogens with zero attached hydrogens (tertiary/aromatic N) is 2. The molecule has 0 atom stereocenters. The van der Waals surface area contributed by atoms with Gasteiger partial charge in [-0.3, -0.25) is 14.3 Å². The molecule has 1 aromatic rings. The highest BCUT2D eigenvalue weighted by molar-refractivity contribution is 7.89. The Hall–Kier alpha value is -1.98. The first-order chi connectivity index (χ1) is 10.7. The lowest BCUT2D eigenvalue weighted by Gasteiger charge is -2.09. The van der Waals surface area contributed by atoms with E-state index in [2.05, 4.69) is 15.1 Å². The van der Waals surface area contributed by atoms with E-state index in [-0.39, 0.29) is 30.8 Å². The Morgan fingerprint density at radius 2 is 2.13 bits per heavy atom. The molecule has 0 aliphatic carbocycles. The monoisotopic (exact) mass is 348 g/mol. The highest BCUT2D eigenvalue weighted by Crippen LogP contribution is 2.02. The molecule has 0 unspecified atom stereocenters. The molecule has 1 heterocycles. The molecular weight excluding hydrogens is 328 g/mol. The largest absolute Gasteiger partial charge is 0.480 e. The number of amides is 1. The molecule has 11 heteroatoms. The summed E-state index contributed by atoms with van der Waals surface area (Å²) < 4.78 is 31.7. The number of ether oxygens (including phenoxy) is 1. The van der Waals surface area contributed by atoms with Crippen LogP contribution in [0.25, 0.3) is 0 Å². The summed E-state index contributed by atoms with van der Waals surface area (Å²) in [7, 11) is -3.61. The number of carboxylic acids is 1. The van der Waals surface area contributed by atoms with Crippen molar-refractivity contribution in [3.05, 3.63) is 12.3 Å². The minimum absolute atomic E-state index is 0.0359. The Balaban J connectivity index is 2.38. The van der Waals surface area contributed by atoms with Crippen molar-refractivity contribution in [1.82, 2.24) is 14.5 Å². The zero-order valence-electron chi connectivity index (χ0n) is 12.9. The van der Waals surface area contributed by atoms with Gasteiger partial charge in [0.1, 0.15) is 6.54 Å². The molecule has 130 valence electrons. The number of carbonyl (C=O) groups excluding carboxylic acids is 1. The van der Waals surface area contributed by atoms with Crippen molar-refractivity contribution in [3.8, 4) is 0 Å². The van der Waals surface area contributed by atoms with E-state index in [9.17, 15) is 18.0 Å². The Kier molecular flexibility index (Phi) is 7.13. The molecule has 1 amide bonds. The molecule has 0 fully saturated rings. The average molecular weight is 348 g/mol. The molecule has 0 bridgehead atoms. The van der Waals surface area contributed by atoms with Gasteiger partial charge in [-0.25, -0.2) is 13.1 Å². The normalized spacial score (nSPS) is 11.6. The van der Waals surface area contributed by atoms with Gasteiger partial charge in [0.15, 0.2) is 5.82 Å². The molecule has 10 nitrogen and oxygen atoms in total. The molecule has 0 aromatic carbocycles. The first kappa shape index (κ1) is 19.1. The van der Waals surface area contributed by atoms with Crippen molar-refractivity contribution < 1.29 is 27.9 Å². The summed E-state index contributed by atoms with van der Waals surface area (Å²) in [6.45, 7) is 2.83. The number of hydrogen-bond donors (Lipinski definition) is 3. The molecule has 0 aliphatic heterocycles. The third-order valence-electron chi connectivity index (χ3n) is 2.46. The molecule has 3 N–H and O–H groups in total. The van der Waals surface area contributed by atoms with Crippen LogP contribution in [0.3, 0.4) is 0 Å². The molecule has 1 rings (SSSR count). The number of aliphatic carboxylic acids is 1. The second-order valence-electron chi connectivity index (χ2n) is 4.90. The molecule has 0 aliphatic rings. The number of rotatable bonds is 10. The van der Waals surface area contributed by atoms with Crippen molar-refractivity contribution in [2.75, 3.05) is 24.2 Å². The van der Waals surface area contributed by atoms with Crippen LogP contribution in [0.1, 0.15) is 13.8 Å². The summed E-state index contributed by atoms with van der Waals surface area (Å²) in [6, 6.07) is 1.41. The summed E-state index contributed by atoms with van der Waals surface area (Å²) in [6.07, 6.45) is 1.31. The first-order valence-electron chi connectivity index (χ1n) is 6.82. The van der Waals surface area contributed by atoms with Gasteiger partial charge in [-0.05, 0) is 13.8 Å². The maximum absolute atomic E-state index is 11.6. The number of sulfonamides is 1. The van der Waals surface area contributed by atoms with Gasteiger partial charge in [0, 0.05) is 12.3 Å². The van der Waals surface area contributed by atoms with E-state index in [1.165, 1.54) is 12.3 Å². The molecule has 23 heavy (non-hydrogen) atoms. The Morgan fingerprint density at radius 1 is 1.43 bits per heavy atom. The lowest BCUT2D eigenvalue weighted by Crippen LogP contribution is -2.35. The Labute approximate surface area is 133 Å². The smallest absolute Gasteiger partial charge is 0.325 e. The van der Waals surface area contributed by atoms with Crippen LogP contribution >= 0.6 is 0 Å². The van der Waals surface area contributed by atoms with Gasteiger partial charge in [-0.15, -0.1) is 0 Å². The topological polar surface area (TPSA) is 140 Å². The zero-order chi connectivity index (χ0) is 17.5. The van der Waals surface area contributed by atoms with E-state index in [1.807, 2.05) is 0 Å². The van der Waals surface area contributed by atoms with Gasteiger partial charge in [-0.1, -0.05) is 0 Å². The predicted molar refractivity (Wildman–Crippen MR) is 81.4 cm³/mol. The second-order valence-corrected chi connectivity index (χ2v) is 6.83. The van der Waals surface area contributed by atoms with Crippen LogP contribution in [0.4, 0.5) is 5.82 Å². The SMILES string of the molecule is CC(C)OCCS(=O)(=O)NCC(=O)Nc1ccn(CC(=O)O)n1. The van der Waals surface area contributed by atoms with Gasteiger partial charge < -0.3 is 15.2 Å². The van der Waals surface area contributed by atoms with Crippen molar-refractivity contribution in [1.29, 1.82) is 0 Å². The Morgan fingerprint density at radius 3 is 2.74 bits per heavy atom. The van der Waals surface area contributed by atoms with Crippen molar-refractivity contribution in [2.24, 2.45) is 0 Å². The van der Waals surface area contributed by atoms with Crippen LogP contribution in [0, 0.1) is 0 Å². The first-order valence-corrected chi connectivity index (χ1v) is 8.47. The maximum atomic E-state index is 11.6. The molecule has 0 saturated carbocycles. The van der Waals surface area contributed by atoms with Crippen LogP contribution < -0.4 is 10.0 Å². The van der Waals surface area contributed by atoms with Gasteiger partial charge in [0.05, 0.1) is 25.0 Å². The fourth-order valence-electron chi connectivity index (χ4n) is 1.48. The fraction of sp³-hybridized carbons (Fsp3) is 0.583. The zero-order valence-corrected chi connectivity index (χ0v) is 13.7. The molecular formula is C12H20N4O6S. The quantitative estimate of drug-likeness (QED) is 0.505. The summed E-state index contributed by atoms with van der Waals surface area (Å²) in [5, 5.41) is 14.8. The van der Waals surface area contributed by atoms with E-state index in [0.29, 0.717) is 0 Å². The number of carbonyl (C=O) groups is 2. The Bertz CT molecular complexity index is 640. The van der Waals surface area contributed by atoms with Crippen molar-refractivity contribution in [2.45, 2.75) is 26.5 Å². The highest BCUT2D eigenvalue weighted by atomic mass is 32.2. The lowest BCUT2D eigenvalue weighted by molar-refractivity contribution is -0.137. The summed E-state index contributed by atoms with van der Waals surface area (Å²) >= 11 is 0. The molecule has 1 aromatic heterocycles. The van der Waals surface area contributed by atoms with Crippen molar-refractivity contribution >= 4 is 27.7 Å². The highest BCUT2D eigenvalue weighted by Gasteiger charge is 2.13. The second kappa shape index (κ2) is 8.60. The van der Waals surface area contributed by atoms with Crippen LogP contribution in [0.15, 0.2) is 12.3 Å². The van der Waals surface area contributed by atoms with E-state index < -0.39 is 28.4 Å². The molecule has 0 radical (unpaired) electrons. The van der Waals surface area contributed by atoms with E-state index in [1.54, 1.807) is 13.8 Å². The summed E-state index contributed by atoms with van der Waals surface area (Å²) in [5.41, 5.74) is 0. The predicted octanol–water partition coefficient (Wildman–Crippen LogP) is -0.749. The number of aromatic nitrogens is 2. The maximum Gasteiger partial charge on any atom is 0.325 e. The van der Waals surface area contributed by atoms with E-state index >= 15 is 0 Å². The number of hydrogen-bond acceptors (Lipinski definition) is 6. The molecule has 0 spiro atoms. The number of anilines is 1. The standard InChI is InChI=1S/C12H20N4O6S/c1-9(2)22-5-6-23(20,21)13-7-11(17)14-10-3-4-16(15-10)8-12(18)19/h3-4,9,13H,5-8H2,1-2H3,(H,18,19)(H,14,15,17). The van der Waals surface area contributed by atoms with Gasteiger partial charge in [0.2, 0.25) is 15.9 Å². The number of nitrogens with one attached hydrogen (secondary N) is 2. The van der Waals surface area contributed by atoms with Gasteiger partial charge >= 0.3 is 5.97 Å². The van der Waals surface area contributed by atoms with Crippen molar-refractivity contribution in [3.63, 3.8) is 0 Å². The van der Waals surface area contributed by atoms with Crippen LogP contribution in [0.5, 0.6) is 0 Å². The van der Waals surface area contributed by atoms with E-state index in [4.69, 9.17) is 9.84 Å². The third kappa shape index (κ3) is 8.28. The average Bonchev–Trinajstić information content (AvgIpc) is 2.82. The minimum atomic E-state index is -3.61. The summed E-state index contributed by atoms with van der Waals surface area (Å²) in [5.74, 6) is -1.79. The minimum Gasteiger partial charge on any atom is -0.480 e. The fourth-order valence-corrected chi connectivity index (χ4v) is 2.29. The summed E-state index contributed by atoms with van der Waals surface area (Å²) in [4.78, 5) is 22.1. The van der Waals surface area contributed by atoms with Crippen LogP contribution in [-0.4, -0.2) is 60.2 Å². The lowest BCUT2D eigenvalue weighted by atomic mass is 10.5.